The first-order chi connectivity index (χ1) is 66.0. The van der Waals surface area contributed by atoms with Crippen LogP contribution in [0.3, 0.4) is 0 Å². The normalized spacial score (nSPS) is 38.8. The van der Waals surface area contributed by atoms with Crippen molar-refractivity contribution in [2.45, 2.75) is 329 Å². The molecule has 33 atom stereocenters. The Balaban J connectivity index is 0.000000178. The van der Waals surface area contributed by atoms with Crippen LogP contribution in [0.15, 0.2) is 124 Å². The number of rotatable bonds is 27. The van der Waals surface area contributed by atoms with Crippen molar-refractivity contribution in [3.05, 3.63) is 141 Å². The summed E-state index contributed by atoms with van der Waals surface area (Å²) in [6, 6.07) is 26.6. The number of hydroxylamine groups is 3. The van der Waals surface area contributed by atoms with Crippen molar-refractivity contribution in [2.24, 2.45) is 84.2 Å². The summed E-state index contributed by atoms with van der Waals surface area (Å²) in [4.78, 5) is 124. The Kier molecular flexibility index (Phi) is 32.2. The third-order valence-electron chi connectivity index (χ3n) is 36.9. The predicted octanol–water partition coefficient (Wildman–Crippen LogP) is 7.35. The summed E-state index contributed by atoms with van der Waals surface area (Å²) in [7, 11) is 4.72. The van der Waals surface area contributed by atoms with Crippen molar-refractivity contribution in [1.29, 1.82) is 0 Å². The Morgan fingerprint density at radius 3 is 1.06 bits per heavy atom. The lowest BCUT2D eigenvalue weighted by molar-refractivity contribution is -0.304. The molecule has 12 aliphatic rings. The van der Waals surface area contributed by atoms with E-state index in [1.165, 1.54) is 0 Å². The second kappa shape index (κ2) is 41.1. The molecular formula is C105H147B3N3O30. The van der Waals surface area contributed by atoms with Gasteiger partial charge in [0.15, 0.2) is 41.8 Å². The van der Waals surface area contributed by atoms with E-state index in [1.807, 2.05) is 72.4 Å². The van der Waals surface area contributed by atoms with Crippen molar-refractivity contribution in [2.75, 3.05) is 39.2 Å². The van der Waals surface area contributed by atoms with Crippen LogP contribution in [0.1, 0.15) is 237 Å². The smallest absolute Gasteiger partial charge is 0.347 e. The molecule has 0 aromatic heterocycles. The minimum absolute atomic E-state index is 0.00177. The number of nitrogens with one attached hydrogen (secondary N) is 3. The van der Waals surface area contributed by atoms with Gasteiger partial charge in [-0.15, -0.1) is 0 Å². The van der Waals surface area contributed by atoms with Gasteiger partial charge in [-0.3, -0.25) is 28.8 Å². The van der Waals surface area contributed by atoms with E-state index >= 15 is 0 Å². The number of carbonyl (C=O) groups excluding carboxylic acids is 9. The van der Waals surface area contributed by atoms with Crippen molar-refractivity contribution < 1.29 is 147 Å². The number of hydrogen-bond acceptors (Lipinski definition) is 33. The number of esters is 6. The number of aliphatic hydroxyl groups is 9. The van der Waals surface area contributed by atoms with E-state index in [0.29, 0.717) is 65.2 Å². The second-order valence-corrected chi connectivity index (χ2v) is 44.8. The number of ketones is 3. The highest BCUT2D eigenvalue weighted by Gasteiger charge is 2.78. The fourth-order valence-corrected chi connectivity index (χ4v) is 28.7. The Morgan fingerprint density at radius 2 is 0.716 bits per heavy atom. The van der Waals surface area contributed by atoms with E-state index in [2.05, 4.69) is 5.48 Å². The van der Waals surface area contributed by atoms with Crippen LogP contribution in [0.2, 0.25) is 0 Å². The second-order valence-electron chi connectivity index (χ2n) is 44.8. The molecule has 0 amide bonds. The van der Waals surface area contributed by atoms with Crippen LogP contribution < -0.4 is 16.4 Å². The van der Waals surface area contributed by atoms with Crippen molar-refractivity contribution in [3.8, 4) is 0 Å². The third kappa shape index (κ3) is 18.1. The van der Waals surface area contributed by atoms with Crippen LogP contribution in [-0.2, 0) is 85.8 Å². The van der Waals surface area contributed by atoms with E-state index in [4.69, 9.17) is 42.6 Å². The molecule has 0 unspecified atom stereocenters. The maximum absolute atomic E-state index is 14.9. The number of fused-ring (bicyclic) bond motifs is 15. The molecule has 3 aromatic rings. The van der Waals surface area contributed by atoms with E-state index in [-0.39, 0.29) is 100 Å². The highest BCUT2D eigenvalue weighted by atomic mass is 16.6. The molecule has 33 nitrogen and oxygen atoms in total. The number of carbonyl (C=O) groups is 9. The van der Waals surface area contributed by atoms with Crippen molar-refractivity contribution in [1.82, 2.24) is 16.4 Å². The molecule has 141 heavy (non-hydrogen) atoms. The first kappa shape index (κ1) is 110. The van der Waals surface area contributed by atoms with Gasteiger partial charge in [0.1, 0.15) is 58.5 Å². The topological polar surface area (TPSA) is 516 Å². The van der Waals surface area contributed by atoms with Gasteiger partial charge in [-0.05, 0) is 158 Å². The quantitative estimate of drug-likeness (QED) is 0.0116. The molecule has 3 radical (unpaired) electrons. The lowest BCUT2D eigenvalue weighted by atomic mass is 9.40. The van der Waals surface area contributed by atoms with Crippen molar-refractivity contribution in [3.63, 3.8) is 0 Å². The van der Waals surface area contributed by atoms with Gasteiger partial charge < -0.3 is 104 Å². The fraction of sp³-hybridized carbons (Fsp3) is 0.686. The summed E-state index contributed by atoms with van der Waals surface area (Å²) in [6.07, 6.45) is -16.1. The van der Waals surface area contributed by atoms with E-state index in [0.717, 1.165) is 0 Å². The molecule has 0 spiro atoms. The number of ether oxygens (including phenoxy) is 9. The minimum Gasteiger partial charge on any atom is -0.461 e. The molecule has 36 heteroatoms. The molecule has 9 fully saturated rings. The van der Waals surface area contributed by atoms with E-state index in [1.54, 1.807) is 197 Å². The van der Waals surface area contributed by atoms with Gasteiger partial charge >= 0.3 is 35.8 Å². The average molecular weight is 1960 g/mol. The van der Waals surface area contributed by atoms with E-state index in [9.17, 15) is 105 Å². The predicted molar refractivity (Wildman–Crippen MR) is 513 cm³/mol. The van der Waals surface area contributed by atoms with Crippen LogP contribution in [0, 0.1) is 84.2 Å². The van der Waals surface area contributed by atoms with Gasteiger partial charge in [0, 0.05) is 96.1 Å². The van der Waals surface area contributed by atoms with Crippen LogP contribution >= 0.6 is 0 Å². The van der Waals surface area contributed by atoms with Crippen LogP contribution in [-0.4, -0.2) is 284 Å². The lowest BCUT2D eigenvalue weighted by Crippen LogP contribution is -2.75. The molecule has 15 N–H and O–H groups in total. The Hall–Kier alpha value is -7.82. The van der Waals surface area contributed by atoms with Gasteiger partial charge in [-0.25, -0.2) is 30.8 Å². The molecule has 3 heterocycles. The molecule has 6 saturated carbocycles. The molecule has 771 valence electrons. The molecule has 15 rings (SSSR count). The zero-order chi connectivity index (χ0) is 104. The minimum atomic E-state index is -1.69. The maximum Gasteiger partial charge on any atom is 0.347 e. The Labute approximate surface area is 828 Å². The van der Waals surface area contributed by atoms with Gasteiger partial charge in [-0.2, -0.15) is 0 Å². The number of Topliss-reactive ketones (excluding diaryl/α,β-unsaturated/α-hetero) is 3. The Bertz CT molecular complexity index is 5260. The van der Waals surface area contributed by atoms with Crippen LogP contribution in [0.4, 0.5) is 0 Å². The van der Waals surface area contributed by atoms with Gasteiger partial charge in [0.2, 0.25) is 0 Å². The number of hydrogen-bond donors (Lipinski definition) is 15. The molecule has 9 aliphatic carbocycles. The third-order valence-corrected chi connectivity index (χ3v) is 36.9. The largest absolute Gasteiger partial charge is 0.461 e. The molecular weight excluding hydrogens is 1820 g/mol. The number of benzene rings is 3. The highest BCUT2D eigenvalue weighted by Crippen LogP contribution is 2.72. The van der Waals surface area contributed by atoms with Crippen LogP contribution in [0.5, 0.6) is 0 Å². The molecule has 3 saturated heterocycles. The summed E-state index contributed by atoms with van der Waals surface area (Å²) >= 11 is 0. The summed E-state index contributed by atoms with van der Waals surface area (Å²) in [5.74, 6) is -12.0. The molecule has 6 bridgehead atoms. The van der Waals surface area contributed by atoms with Gasteiger partial charge in [0.05, 0.1) is 83.4 Å². The Morgan fingerprint density at radius 1 is 0.411 bits per heavy atom. The summed E-state index contributed by atoms with van der Waals surface area (Å²) < 4.78 is 53.5. The lowest BCUT2D eigenvalue weighted by Gasteiger charge is -2.68. The SMILES string of the molecule is CCC(=O)O[C@@H](C(=O)O[C@H]1C[C@@]2(O)[C@@H](C)[C@@H]3[C@]4(C)CO[C@@H]4C[C@H](O)[C@@]3(C)C(=O)[C@H](O)C(=C1C)C2(C)C)[C@@H]([B]CNO)c1ccccc1.CCC(=O)O[C@H]1C(=O)[C@@]2(C)[C@H]([C@H](C)[C@]3(O)C[C@H](OC(=O)[C@H](O)[C@@H]([B]CNO)c4ccccc4)C(C)=C1C3(C)C)[C@]1(C)CO[C@@H]1C[C@@H]2O.CCC(=O)O[C@H]1C[C@H]2OC[C@@]2(C)[C@H]2[C@H](C)[C@]3(O)C[C@H](OC(=O)[C@H](O)[C@@H]([B]CNO)c4ccccc4)C(C)=C([C@@H](O)C(=O)[C@]12C)C3(C)C. The summed E-state index contributed by atoms with van der Waals surface area (Å²) in [5.41, 5.74) is -3.92. The van der Waals surface area contributed by atoms with Gasteiger partial charge in [-0.1, -0.05) is 195 Å². The fourth-order valence-electron chi connectivity index (χ4n) is 28.7. The maximum atomic E-state index is 14.9. The summed E-state index contributed by atoms with van der Waals surface area (Å²) in [5, 5.41) is 136. The zero-order valence-corrected chi connectivity index (χ0v) is 85.1. The molecule has 3 aliphatic heterocycles. The summed E-state index contributed by atoms with van der Waals surface area (Å²) in [6.45, 7) is 38.6. The average Bonchev–Trinajstić information content (AvgIpc) is 0.679. The molecule has 3 aromatic carbocycles. The standard InChI is InChI=1S/3C35H49BNO10/c1-8-24(39)47-28-25-18(2)21(46-31(42)27(40)26(36-17-37-44)20-12-10-9-11-13-20)15-35(43,32(25,4)5)19(3)29-33(6)16-45-23(33)14-22(38)34(29,7)30(28)41;1-8-24(39)47-28(26(36-17-37-44)20-12-10-9-11-13-20)31(42)46-21-15-35(43)19(3)29-33(6)16-45-23(33)14-22(38)34(29,7)30(41)27(40)25(18(21)2)32(35,4)5;1-8-24(38)47-23-14-22-33(6,16-45-22)29-19(3)35(43)15-21(18(2)25(32(35,4)5)27(39)30(41)34(23,29)7)46-31(42)28(40)26(36-17-37-44)20-12-10-9-11-13-20/h2*9-13,19,21-23,26-29,37-38,40,43-44H,8,14-17H2,1-7H3;9-13,19,21-23,26-29,37,39-40,43-44H,8,14-17H2,1-7H3/t2*19-,21-,22-,23+,26-,27+,28+,29+,33+,34+,35+;19-,21-,22+,23-,26-,27+,28+,29+,33+,34+,35+/m000/s1. The monoisotopic (exact) mass is 1960 g/mol. The highest BCUT2D eigenvalue weighted by molar-refractivity contribution is 6.40. The van der Waals surface area contributed by atoms with Crippen molar-refractivity contribution >= 4 is 75.0 Å². The number of aliphatic hydroxyl groups excluding tert-OH is 6. The van der Waals surface area contributed by atoms with Gasteiger partial charge in [0.25, 0.3) is 0 Å². The first-order valence-corrected chi connectivity index (χ1v) is 49.8. The first-order valence-electron chi connectivity index (χ1n) is 49.8. The zero-order valence-electron chi connectivity index (χ0n) is 85.1. The van der Waals surface area contributed by atoms with Crippen LogP contribution in [0.25, 0.3) is 0 Å². The van der Waals surface area contributed by atoms with E-state index < -0.39 is 245 Å².